The molecule has 7 aromatic rings. The summed E-state index contributed by atoms with van der Waals surface area (Å²) in [5.41, 5.74) is 17.7. The standard InChI is InChI=1S/C43H34N2/c1-45-42(33-16-6-3-7-17-33)29-39(31-14-4-2-5-15-31)32-26-24-30(25-27-32)28-40-36-20-9-8-18-34(36)35-19-10-11-21-37(35)43(40)38-22-12-13-23-41(38)44/h2-27,29H,28,44H2,1H3/b39-29-,45-42?. The van der Waals surface area contributed by atoms with Crippen molar-refractivity contribution in [3.05, 3.63) is 192 Å². The number of nitrogens with zero attached hydrogens (tertiary/aromatic N) is 1. The molecular formula is C43H34N2. The Morgan fingerprint density at radius 3 is 1.69 bits per heavy atom. The zero-order valence-electron chi connectivity index (χ0n) is 25.3. The number of nitrogen functional groups attached to an aromatic ring is 1. The summed E-state index contributed by atoms with van der Waals surface area (Å²) in [5, 5.41) is 4.99. The van der Waals surface area contributed by atoms with E-state index in [1.807, 2.05) is 25.2 Å². The minimum atomic E-state index is 0.783. The second kappa shape index (κ2) is 12.5. The normalized spacial score (nSPS) is 12.1. The zero-order chi connectivity index (χ0) is 30.6. The molecule has 0 aliphatic rings. The number of para-hydroxylation sites is 1. The number of aliphatic imine (C=N–C) groups is 1. The van der Waals surface area contributed by atoms with Crippen molar-refractivity contribution in [2.75, 3.05) is 12.8 Å². The molecule has 0 aromatic heterocycles. The highest BCUT2D eigenvalue weighted by Crippen LogP contribution is 2.42. The van der Waals surface area contributed by atoms with Crippen molar-refractivity contribution in [2.24, 2.45) is 4.99 Å². The van der Waals surface area contributed by atoms with Crippen LogP contribution in [-0.2, 0) is 6.42 Å². The predicted octanol–water partition coefficient (Wildman–Crippen LogP) is 10.4. The van der Waals surface area contributed by atoms with E-state index in [9.17, 15) is 0 Å². The maximum absolute atomic E-state index is 6.64. The number of rotatable bonds is 7. The number of allylic oxidation sites excluding steroid dienone is 1. The molecule has 0 aliphatic heterocycles. The lowest BCUT2D eigenvalue weighted by molar-refractivity contribution is 1.22. The van der Waals surface area contributed by atoms with E-state index in [1.54, 1.807) is 0 Å². The Bertz CT molecular complexity index is 2170. The van der Waals surface area contributed by atoms with Crippen molar-refractivity contribution in [3.63, 3.8) is 0 Å². The lowest BCUT2D eigenvalue weighted by Crippen LogP contribution is -2.01. The van der Waals surface area contributed by atoms with Crippen molar-refractivity contribution >= 4 is 38.5 Å². The first-order valence-electron chi connectivity index (χ1n) is 15.4. The van der Waals surface area contributed by atoms with Gasteiger partial charge in [0.2, 0.25) is 0 Å². The highest BCUT2D eigenvalue weighted by molar-refractivity contribution is 6.17. The molecule has 0 fully saturated rings. The lowest BCUT2D eigenvalue weighted by Gasteiger charge is -2.19. The van der Waals surface area contributed by atoms with E-state index in [2.05, 4.69) is 151 Å². The molecular weight excluding hydrogens is 544 g/mol. The van der Waals surface area contributed by atoms with Crippen LogP contribution >= 0.6 is 0 Å². The van der Waals surface area contributed by atoms with Crippen LogP contribution < -0.4 is 5.73 Å². The van der Waals surface area contributed by atoms with Crippen LogP contribution in [0.15, 0.2) is 169 Å². The van der Waals surface area contributed by atoms with Crippen LogP contribution in [0.2, 0.25) is 0 Å². The van der Waals surface area contributed by atoms with Gasteiger partial charge in [-0.15, -0.1) is 0 Å². The maximum atomic E-state index is 6.64. The fraction of sp³-hybridized carbons (Fsp3) is 0.0465. The molecule has 7 rings (SSSR count). The Hall–Kier alpha value is -5.73. The molecule has 0 saturated carbocycles. The van der Waals surface area contributed by atoms with E-state index in [1.165, 1.54) is 38.2 Å². The quantitative estimate of drug-likeness (QED) is 0.114. The molecule has 0 radical (unpaired) electrons. The third-order valence-electron chi connectivity index (χ3n) is 8.59. The molecule has 216 valence electrons. The van der Waals surface area contributed by atoms with Gasteiger partial charge in [0, 0.05) is 18.3 Å². The van der Waals surface area contributed by atoms with Crippen LogP contribution in [0.3, 0.4) is 0 Å². The first kappa shape index (κ1) is 28.1. The Morgan fingerprint density at radius 1 is 0.533 bits per heavy atom. The van der Waals surface area contributed by atoms with Crippen LogP contribution in [0.1, 0.15) is 27.8 Å². The smallest absolute Gasteiger partial charge is 0.0649 e. The first-order valence-corrected chi connectivity index (χ1v) is 15.4. The SMILES string of the molecule is CN=C(/C=C(/c1ccccc1)c1ccc(Cc2c(-c3ccccc3N)c3ccccc3c3ccccc23)cc1)c1ccccc1. The molecule has 0 atom stereocenters. The summed E-state index contributed by atoms with van der Waals surface area (Å²) in [5.74, 6) is 0. The fourth-order valence-electron chi connectivity index (χ4n) is 6.41. The van der Waals surface area contributed by atoms with Crippen molar-refractivity contribution < 1.29 is 0 Å². The molecule has 2 N–H and O–H groups in total. The number of benzene rings is 7. The van der Waals surface area contributed by atoms with Gasteiger partial charge in [-0.1, -0.05) is 152 Å². The minimum Gasteiger partial charge on any atom is -0.398 e. The topological polar surface area (TPSA) is 38.4 Å². The van der Waals surface area contributed by atoms with Gasteiger partial charge in [-0.3, -0.25) is 4.99 Å². The molecule has 2 nitrogen and oxygen atoms in total. The van der Waals surface area contributed by atoms with Gasteiger partial charge in [-0.2, -0.15) is 0 Å². The van der Waals surface area contributed by atoms with Crippen LogP contribution in [0.4, 0.5) is 5.69 Å². The van der Waals surface area contributed by atoms with Crippen LogP contribution in [0, 0.1) is 0 Å². The lowest BCUT2D eigenvalue weighted by atomic mass is 9.84. The fourth-order valence-corrected chi connectivity index (χ4v) is 6.41. The Morgan fingerprint density at radius 2 is 1.04 bits per heavy atom. The highest BCUT2D eigenvalue weighted by Gasteiger charge is 2.18. The van der Waals surface area contributed by atoms with Crippen LogP contribution in [0.5, 0.6) is 0 Å². The van der Waals surface area contributed by atoms with Gasteiger partial charge in [0.25, 0.3) is 0 Å². The summed E-state index contributed by atoms with van der Waals surface area (Å²) in [4.78, 5) is 4.65. The summed E-state index contributed by atoms with van der Waals surface area (Å²) in [7, 11) is 1.86. The number of nitrogens with two attached hydrogens (primary N) is 1. The Balaban J connectivity index is 1.35. The molecule has 2 heteroatoms. The van der Waals surface area contributed by atoms with E-state index in [0.29, 0.717) is 0 Å². The number of fused-ring (bicyclic) bond motifs is 3. The molecule has 0 aliphatic carbocycles. The van der Waals surface area contributed by atoms with E-state index < -0.39 is 0 Å². The van der Waals surface area contributed by atoms with Crippen LogP contribution in [0.25, 0.3) is 38.2 Å². The van der Waals surface area contributed by atoms with Gasteiger partial charge < -0.3 is 5.73 Å². The molecule has 7 aromatic carbocycles. The third-order valence-corrected chi connectivity index (χ3v) is 8.59. The van der Waals surface area contributed by atoms with Gasteiger partial charge in [0.1, 0.15) is 0 Å². The number of hydrogen-bond acceptors (Lipinski definition) is 2. The summed E-state index contributed by atoms with van der Waals surface area (Å²) in [6.07, 6.45) is 2.98. The molecule has 45 heavy (non-hydrogen) atoms. The predicted molar refractivity (Wildman–Crippen MR) is 193 cm³/mol. The molecule has 0 unspecified atom stereocenters. The molecule has 0 amide bonds. The van der Waals surface area contributed by atoms with Crippen molar-refractivity contribution in [2.45, 2.75) is 6.42 Å². The van der Waals surface area contributed by atoms with Gasteiger partial charge in [-0.05, 0) is 79.1 Å². The molecule has 0 saturated heterocycles. The van der Waals surface area contributed by atoms with Gasteiger partial charge in [-0.25, -0.2) is 0 Å². The monoisotopic (exact) mass is 578 g/mol. The number of anilines is 1. The van der Waals surface area contributed by atoms with E-state index in [-0.39, 0.29) is 0 Å². The average molecular weight is 579 g/mol. The third kappa shape index (κ3) is 5.55. The average Bonchev–Trinajstić information content (AvgIpc) is 3.11. The molecule has 0 spiro atoms. The molecule has 0 heterocycles. The van der Waals surface area contributed by atoms with Crippen molar-refractivity contribution in [1.29, 1.82) is 0 Å². The Kier molecular flexibility index (Phi) is 7.78. The summed E-state index contributed by atoms with van der Waals surface area (Å²) < 4.78 is 0. The van der Waals surface area contributed by atoms with Crippen LogP contribution in [-0.4, -0.2) is 12.8 Å². The zero-order valence-corrected chi connectivity index (χ0v) is 25.3. The second-order valence-corrected chi connectivity index (χ2v) is 11.3. The number of hydrogen-bond donors (Lipinski definition) is 1. The van der Waals surface area contributed by atoms with Gasteiger partial charge in [0.05, 0.1) is 5.71 Å². The van der Waals surface area contributed by atoms with E-state index >= 15 is 0 Å². The van der Waals surface area contributed by atoms with Crippen molar-refractivity contribution in [1.82, 2.24) is 0 Å². The first-order chi connectivity index (χ1) is 22.2. The van der Waals surface area contributed by atoms with E-state index in [0.717, 1.165) is 45.6 Å². The summed E-state index contributed by atoms with van der Waals surface area (Å²) in [6, 6.07) is 55.6. The minimum absolute atomic E-state index is 0.783. The highest BCUT2D eigenvalue weighted by atomic mass is 14.7. The van der Waals surface area contributed by atoms with Crippen molar-refractivity contribution in [3.8, 4) is 11.1 Å². The second-order valence-electron chi connectivity index (χ2n) is 11.3. The largest absolute Gasteiger partial charge is 0.398 e. The summed E-state index contributed by atoms with van der Waals surface area (Å²) in [6.45, 7) is 0. The van der Waals surface area contributed by atoms with Gasteiger partial charge >= 0.3 is 0 Å². The van der Waals surface area contributed by atoms with Gasteiger partial charge in [0.15, 0.2) is 0 Å². The maximum Gasteiger partial charge on any atom is 0.0649 e. The summed E-state index contributed by atoms with van der Waals surface area (Å²) >= 11 is 0. The Labute approximate surface area is 264 Å². The molecule has 0 bridgehead atoms. The van der Waals surface area contributed by atoms with E-state index in [4.69, 9.17) is 5.73 Å².